The van der Waals surface area contributed by atoms with Gasteiger partial charge in [0.2, 0.25) is 0 Å². The lowest BCUT2D eigenvalue weighted by atomic mass is 9.83. The van der Waals surface area contributed by atoms with Gasteiger partial charge in [0, 0.05) is 12.0 Å². The minimum atomic E-state index is -0.250. The second kappa shape index (κ2) is 8.52. The summed E-state index contributed by atoms with van der Waals surface area (Å²) in [7, 11) is 1.56. The van der Waals surface area contributed by atoms with E-state index in [1.165, 1.54) is 0 Å². The highest BCUT2D eigenvalue weighted by atomic mass is 16.5. The van der Waals surface area contributed by atoms with Gasteiger partial charge in [-0.15, -0.1) is 0 Å². The molecular weight excluding hydrogens is 270 g/mol. The highest BCUT2D eigenvalue weighted by Gasteiger charge is 2.25. The average molecular weight is 295 g/mol. The number of benzene rings is 1. The average Bonchev–Trinajstić information content (AvgIpc) is 2.55. The predicted octanol–water partition coefficient (Wildman–Crippen LogP) is 1.99. The van der Waals surface area contributed by atoms with E-state index in [4.69, 9.17) is 9.47 Å². The van der Waals surface area contributed by atoms with Gasteiger partial charge in [0.05, 0.1) is 13.7 Å². The minimum Gasteiger partial charge on any atom is -0.493 e. The van der Waals surface area contributed by atoms with E-state index < -0.39 is 0 Å². The van der Waals surface area contributed by atoms with Crippen molar-refractivity contribution in [2.45, 2.75) is 26.7 Å². The zero-order valence-corrected chi connectivity index (χ0v) is 13.0. The number of aliphatic hydroxyl groups excluding tert-OH is 1. The van der Waals surface area contributed by atoms with Crippen LogP contribution in [0.5, 0.6) is 11.5 Å². The van der Waals surface area contributed by atoms with Crippen LogP contribution in [-0.2, 0) is 4.79 Å². The maximum Gasteiger partial charge on any atom is 0.257 e. The quantitative estimate of drug-likeness (QED) is 0.731. The van der Waals surface area contributed by atoms with Crippen molar-refractivity contribution >= 4 is 5.91 Å². The Morgan fingerprint density at radius 1 is 1.24 bits per heavy atom. The molecule has 5 nitrogen and oxygen atoms in total. The number of nitrogens with one attached hydrogen (secondary N) is 1. The maximum atomic E-state index is 11.9. The number of rotatable bonds is 9. The van der Waals surface area contributed by atoms with E-state index in [0.29, 0.717) is 18.0 Å². The highest BCUT2D eigenvalue weighted by Crippen LogP contribution is 2.26. The summed E-state index contributed by atoms with van der Waals surface area (Å²) < 4.78 is 10.6. The first kappa shape index (κ1) is 17.3. The third-order valence-electron chi connectivity index (χ3n) is 3.92. The van der Waals surface area contributed by atoms with Gasteiger partial charge in [-0.3, -0.25) is 4.79 Å². The first-order chi connectivity index (χ1) is 10.1. The van der Waals surface area contributed by atoms with Crippen molar-refractivity contribution in [2.24, 2.45) is 5.41 Å². The number of aliphatic hydroxyl groups is 1. The van der Waals surface area contributed by atoms with Crippen LogP contribution in [0.4, 0.5) is 0 Å². The monoisotopic (exact) mass is 295 g/mol. The maximum absolute atomic E-state index is 11.9. The second-order valence-corrected chi connectivity index (χ2v) is 5.08. The molecule has 0 bridgehead atoms. The van der Waals surface area contributed by atoms with Crippen molar-refractivity contribution in [2.75, 3.05) is 26.9 Å². The summed E-state index contributed by atoms with van der Waals surface area (Å²) in [5, 5.41) is 12.3. The normalized spacial score (nSPS) is 11.0. The minimum absolute atomic E-state index is 0.0631. The molecule has 0 unspecified atom stereocenters. The van der Waals surface area contributed by atoms with E-state index in [-0.39, 0.29) is 24.5 Å². The molecule has 21 heavy (non-hydrogen) atoms. The van der Waals surface area contributed by atoms with Crippen molar-refractivity contribution in [1.82, 2.24) is 5.32 Å². The molecule has 0 heterocycles. The summed E-state index contributed by atoms with van der Waals surface area (Å²) in [5.74, 6) is 0.923. The molecule has 0 saturated heterocycles. The molecular formula is C16H25NO4. The van der Waals surface area contributed by atoms with Crippen LogP contribution in [-0.4, -0.2) is 37.9 Å². The summed E-state index contributed by atoms with van der Waals surface area (Å²) in [5.41, 5.74) is -0.250. The van der Waals surface area contributed by atoms with Crippen LogP contribution in [0.2, 0.25) is 0 Å². The SMILES string of the molecule is CCC(CC)(CO)CNC(=O)COc1ccccc1OC. The number of hydrogen-bond acceptors (Lipinski definition) is 4. The Bertz CT molecular complexity index is 435. The van der Waals surface area contributed by atoms with Crippen LogP contribution in [0, 0.1) is 5.41 Å². The van der Waals surface area contributed by atoms with E-state index in [1.54, 1.807) is 19.2 Å². The lowest BCUT2D eigenvalue weighted by Gasteiger charge is -2.29. The zero-order valence-electron chi connectivity index (χ0n) is 13.0. The molecule has 1 amide bonds. The first-order valence-electron chi connectivity index (χ1n) is 7.24. The van der Waals surface area contributed by atoms with E-state index in [1.807, 2.05) is 26.0 Å². The topological polar surface area (TPSA) is 67.8 Å². The first-order valence-corrected chi connectivity index (χ1v) is 7.24. The van der Waals surface area contributed by atoms with E-state index >= 15 is 0 Å². The number of carbonyl (C=O) groups is 1. The summed E-state index contributed by atoms with van der Waals surface area (Å²) >= 11 is 0. The number of para-hydroxylation sites is 2. The predicted molar refractivity (Wildman–Crippen MR) is 81.6 cm³/mol. The molecule has 1 aromatic rings. The molecule has 0 atom stereocenters. The number of ether oxygens (including phenoxy) is 2. The Morgan fingerprint density at radius 2 is 1.86 bits per heavy atom. The highest BCUT2D eigenvalue weighted by molar-refractivity contribution is 5.77. The van der Waals surface area contributed by atoms with Crippen molar-refractivity contribution in [3.8, 4) is 11.5 Å². The van der Waals surface area contributed by atoms with Gasteiger partial charge in [-0.05, 0) is 25.0 Å². The van der Waals surface area contributed by atoms with Gasteiger partial charge in [-0.25, -0.2) is 0 Å². The molecule has 1 rings (SSSR count). The molecule has 0 aliphatic heterocycles. The fourth-order valence-electron chi connectivity index (χ4n) is 2.00. The largest absolute Gasteiger partial charge is 0.493 e. The Morgan fingerprint density at radius 3 is 2.38 bits per heavy atom. The zero-order chi connectivity index (χ0) is 15.7. The van der Waals surface area contributed by atoms with E-state index in [9.17, 15) is 9.90 Å². The van der Waals surface area contributed by atoms with Crippen LogP contribution in [0.25, 0.3) is 0 Å². The molecule has 0 aliphatic carbocycles. The smallest absolute Gasteiger partial charge is 0.257 e. The molecule has 0 aliphatic rings. The van der Waals surface area contributed by atoms with Gasteiger partial charge < -0.3 is 19.9 Å². The fourth-order valence-corrected chi connectivity index (χ4v) is 2.00. The summed E-state index contributed by atoms with van der Waals surface area (Å²) in [6.07, 6.45) is 1.63. The molecule has 5 heteroatoms. The van der Waals surface area contributed by atoms with Gasteiger partial charge in [-0.1, -0.05) is 26.0 Å². The lowest BCUT2D eigenvalue weighted by molar-refractivity contribution is -0.123. The molecule has 0 spiro atoms. The Balaban J connectivity index is 2.47. The Kier molecular flexibility index (Phi) is 7.02. The van der Waals surface area contributed by atoms with Crippen molar-refractivity contribution in [1.29, 1.82) is 0 Å². The molecule has 1 aromatic carbocycles. The second-order valence-electron chi connectivity index (χ2n) is 5.08. The number of methoxy groups -OCH3 is 1. The van der Waals surface area contributed by atoms with Crippen molar-refractivity contribution < 1.29 is 19.4 Å². The third kappa shape index (κ3) is 4.93. The number of amides is 1. The summed E-state index contributed by atoms with van der Waals surface area (Å²) in [6, 6.07) is 7.19. The standard InChI is InChI=1S/C16H25NO4/c1-4-16(5-2,12-18)11-17-15(19)10-21-14-9-7-6-8-13(14)20-3/h6-9,18H,4-5,10-12H2,1-3H3,(H,17,19). The third-order valence-corrected chi connectivity index (χ3v) is 3.92. The van der Waals surface area contributed by atoms with Crippen LogP contribution >= 0.6 is 0 Å². The van der Waals surface area contributed by atoms with Crippen molar-refractivity contribution in [3.63, 3.8) is 0 Å². The van der Waals surface area contributed by atoms with Gasteiger partial charge >= 0.3 is 0 Å². The van der Waals surface area contributed by atoms with Crippen LogP contribution in [0.3, 0.4) is 0 Å². The number of carbonyl (C=O) groups excluding carboxylic acids is 1. The summed E-state index contributed by atoms with van der Waals surface area (Å²) in [6.45, 7) is 4.46. The number of hydrogen-bond donors (Lipinski definition) is 2. The van der Waals surface area contributed by atoms with Crippen LogP contribution in [0.1, 0.15) is 26.7 Å². The molecule has 0 fully saturated rings. The van der Waals surface area contributed by atoms with Gasteiger partial charge in [0.1, 0.15) is 0 Å². The van der Waals surface area contributed by atoms with E-state index in [2.05, 4.69) is 5.32 Å². The van der Waals surface area contributed by atoms with E-state index in [0.717, 1.165) is 12.8 Å². The lowest BCUT2D eigenvalue weighted by Crippen LogP contribution is -2.41. The Hall–Kier alpha value is -1.75. The molecule has 0 radical (unpaired) electrons. The molecule has 118 valence electrons. The van der Waals surface area contributed by atoms with Crippen LogP contribution < -0.4 is 14.8 Å². The van der Waals surface area contributed by atoms with Gasteiger partial charge in [0.15, 0.2) is 18.1 Å². The molecule has 0 saturated carbocycles. The van der Waals surface area contributed by atoms with Crippen molar-refractivity contribution in [3.05, 3.63) is 24.3 Å². The Labute approximate surface area is 126 Å². The summed E-state index contributed by atoms with van der Waals surface area (Å²) in [4.78, 5) is 11.9. The van der Waals surface area contributed by atoms with Gasteiger partial charge in [0.25, 0.3) is 5.91 Å². The van der Waals surface area contributed by atoms with Gasteiger partial charge in [-0.2, -0.15) is 0 Å². The molecule has 0 aromatic heterocycles. The molecule has 2 N–H and O–H groups in total. The van der Waals surface area contributed by atoms with Crippen LogP contribution in [0.15, 0.2) is 24.3 Å². The fraction of sp³-hybridized carbons (Fsp3) is 0.562.